The first kappa shape index (κ1) is 22.8. The summed E-state index contributed by atoms with van der Waals surface area (Å²) >= 11 is 0. The first-order valence-corrected chi connectivity index (χ1v) is 10.6. The van der Waals surface area contributed by atoms with Gasteiger partial charge >= 0.3 is 5.97 Å². The highest BCUT2D eigenvalue weighted by molar-refractivity contribution is 5.93. The molecule has 2 N–H and O–H groups in total. The Balaban J connectivity index is 1.26. The number of nitrogens with one attached hydrogen (secondary N) is 2. The molecule has 1 unspecified atom stereocenters. The van der Waals surface area contributed by atoms with E-state index in [1.54, 1.807) is 42.8 Å². The third-order valence-corrected chi connectivity index (χ3v) is 5.22. The zero-order chi connectivity index (χ0) is 24.1. The molecule has 0 saturated heterocycles. The number of aromatic nitrogens is 2. The minimum atomic E-state index is -0.932. The number of ether oxygens (including phenoxy) is 3. The van der Waals surface area contributed by atoms with Crippen LogP contribution in [0.3, 0.4) is 0 Å². The van der Waals surface area contributed by atoms with Crippen LogP contribution in [0.15, 0.2) is 54.6 Å². The van der Waals surface area contributed by atoms with Gasteiger partial charge in [0, 0.05) is 0 Å². The highest BCUT2D eigenvalue weighted by Crippen LogP contribution is 2.30. The highest BCUT2D eigenvalue weighted by Gasteiger charge is 2.28. The zero-order valence-electron chi connectivity index (χ0n) is 18.7. The molecule has 1 aliphatic heterocycles. The van der Waals surface area contributed by atoms with Crippen molar-refractivity contribution in [1.82, 2.24) is 20.6 Å². The van der Waals surface area contributed by atoms with E-state index in [4.69, 9.17) is 14.2 Å². The quantitative estimate of drug-likeness (QED) is 0.421. The lowest BCUT2D eigenvalue weighted by Gasteiger charge is -2.25. The van der Waals surface area contributed by atoms with E-state index in [-0.39, 0.29) is 6.61 Å². The van der Waals surface area contributed by atoms with E-state index in [2.05, 4.69) is 16.0 Å². The van der Waals surface area contributed by atoms with E-state index in [0.29, 0.717) is 35.0 Å². The Kier molecular flexibility index (Phi) is 6.77. The number of benzene rings is 2. The Bertz CT molecular complexity index is 1210. The van der Waals surface area contributed by atoms with Crippen LogP contribution in [-0.4, -0.2) is 46.9 Å². The number of para-hydroxylation sites is 2. The van der Waals surface area contributed by atoms with Gasteiger partial charge in [0.1, 0.15) is 12.2 Å². The van der Waals surface area contributed by atoms with E-state index in [0.717, 1.165) is 5.56 Å². The van der Waals surface area contributed by atoms with Gasteiger partial charge in [-0.3, -0.25) is 25.1 Å². The number of carbonyl (C=O) groups excluding carboxylic acids is 3. The van der Waals surface area contributed by atoms with Crippen LogP contribution >= 0.6 is 0 Å². The number of rotatable bonds is 6. The molecule has 3 aromatic rings. The molecule has 1 atom stereocenters. The normalized spacial score (nSPS) is 14.2. The van der Waals surface area contributed by atoms with Crippen LogP contribution in [0.4, 0.5) is 0 Å². The van der Waals surface area contributed by atoms with Crippen LogP contribution in [0.5, 0.6) is 11.5 Å². The third kappa shape index (κ3) is 5.17. The van der Waals surface area contributed by atoms with E-state index in [9.17, 15) is 14.4 Å². The summed E-state index contributed by atoms with van der Waals surface area (Å²) < 4.78 is 17.9. The van der Waals surface area contributed by atoms with Crippen LogP contribution in [0, 0.1) is 13.8 Å². The Labute approximate surface area is 195 Å². The van der Waals surface area contributed by atoms with Crippen molar-refractivity contribution in [1.29, 1.82) is 0 Å². The van der Waals surface area contributed by atoms with Gasteiger partial charge < -0.3 is 14.2 Å². The number of amides is 2. The van der Waals surface area contributed by atoms with Crippen molar-refractivity contribution < 1.29 is 28.6 Å². The molecule has 0 spiro atoms. The standard InChI is InChI=1S/C24H24N4O6/c1-15-22(16(2)28(27-15)12-17-8-4-3-5-9-17)24(31)33-14-21(29)25-26-23(30)20-13-32-18-10-6-7-11-19(18)34-20/h3-11,20H,12-14H2,1-2H3,(H,25,29)(H,26,30). The maximum atomic E-state index is 12.6. The van der Waals surface area contributed by atoms with Gasteiger partial charge in [-0.05, 0) is 31.5 Å². The highest BCUT2D eigenvalue weighted by atomic mass is 16.6. The third-order valence-electron chi connectivity index (χ3n) is 5.22. The lowest BCUT2D eigenvalue weighted by Crippen LogP contribution is -2.51. The monoisotopic (exact) mass is 464 g/mol. The van der Waals surface area contributed by atoms with Crippen LogP contribution in [0.2, 0.25) is 0 Å². The van der Waals surface area contributed by atoms with Gasteiger partial charge in [0.15, 0.2) is 18.1 Å². The van der Waals surface area contributed by atoms with Gasteiger partial charge in [-0.15, -0.1) is 0 Å². The number of aryl methyl sites for hydroxylation is 1. The molecule has 2 heterocycles. The summed E-state index contributed by atoms with van der Waals surface area (Å²) in [4.78, 5) is 36.9. The van der Waals surface area contributed by atoms with Crippen LogP contribution < -0.4 is 20.3 Å². The molecule has 1 aromatic heterocycles. The second-order valence-electron chi connectivity index (χ2n) is 7.67. The molecule has 2 amide bonds. The molecule has 0 bridgehead atoms. The van der Waals surface area contributed by atoms with E-state index in [1.165, 1.54) is 0 Å². The average molecular weight is 464 g/mol. The number of hydrogen-bond donors (Lipinski definition) is 2. The molecule has 10 nitrogen and oxygen atoms in total. The smallest absolute Gasteiger partial charge is 0.342 e. The average Bonchev–Trinajstić information content (AvgIpc) is 3.13. The summed E-state index contributed by atoms with van der Waals surface area (Å²) in [7, 11) is 0. The Morgan fingerprint density at radius 3 is 2.50 bits per heavy atom. The second kappa shape index (κ2) is 10.1. The molecule has 1 aliphatic rings. The fourth-order valence-electron chi connectivity index (χ4n) is 3.50. The molecule has 0 fully saturated rings. The van der Waals surface area contributed by atoms with Gasteiger partial charge in [0.05, 0.1) is 17.9 Å². The predicted molar refractivity (Wildman–Crippen MR) is 120 cm³/mol. The molecule has 2 aromatic carbocycles. The fourth-order valence-corrected chi connectivity index (χ4v) is 3.50. The van der Waals surface area contributed by atoms with Gasteiger partial charge in [-0.2, -0.15) is 5.10 Å². The lowest BCUT2D eigenvalue weighted by atomic mass is 10.2. The van der Waals surface area contributed by atoms with Crippen molar-refractivity contribution in [2.45, 2.75) is 26.5 Å². The van der Waals surface area contributed by atoms with Crippen molar-refractivity contribution in [3.8, 4) is 11.5 Å². The fraction of sp³-hybridized carbons (Fsp3) is 0.250. The van der Waals surface area contributed by atoms with Crippen LogP contribution in [0.25, 0.3) is 0 Å². The summed E-state index contributed by atoms with van der Waals surface area (Å²) in [5, 5.41) is 4.41. The molecular formula is C24H24N4O6. The number of nitrogens with zero attached hydrogens (tertiary/aromatic N) is 2. The summed E-state index contributed by atoms with van der Waals surface area (Å²) in [5.41, 5.74) is 6.94. The minimum Gasteiger partial charge on any atom is -0.485 e. The summed E-state index contributed by atoms with van der Waals surface area (Å²) in [6.07, 6.45) is -0.932. The van der Waals surface area contributed by atoms with Gasteiger partial charge in [-0.25, -0.2) is 4.79 Å². The number of esters is 1. The predicted octanol–water partition coefficient (Wildman–Crippen LogP) is 1.69. The number of hydrazine groups is 1. The number of hydrogen-bond acceptors (Lipinski definition) is 7. The molecule has 4 rings (SSSR count). The van der Waals surface area contributed by atoms with Gasteiger partial charge in [0.25, 0.3) is 11.8 Å². The van der Waals surface area contributed by atoms with Crippen molar-refractivity contribution in [3.05, 3.63) is 77.1 Å². The molecule has 0 radical (unpaired) electrons. The molecule has 34 heavy (non-hydrogen) atoms. The Hall–Kier alpha value is -4.34. The van der Waals surface area contributed by atoms with Crippen LogP contribution in [-0.2, 0) is 20.9 Å². The molecule has 176 valence electrons. The van der Waals surface area contributed by atoms with E-state index in [1.807, 2.05) is 30.3 Å². The maximum absolute atomic E-state index is 12.6. The maximum Gasteiger partial charge on any atom is 0.342 e. The molecule has 0 aliphatic carbocycles. The largest absolute Gasteiger partial charge is 0.485 e. The van der Waals surface area contributed by atoms with E-state index >= 15 is 0 Å². The first-order valence-electron chi connectivity index (χ1n) is 10.6. The summed E-state index contributed by atoms with van der Waals surface area (Å²) in [6.45, 7) is 3.40. The van der Waals surface area contributed by atoms with Crippen molar-refractivity contribution in [2.24, 2.45) is 0 Å². The van der Waals surface area contributed by atoms with E-state index < -0.39 is 30.5 Å². The minimum absolute atomic E-state index is 0.000766. The molecular weight excluding hydrogens is 440 g/mol. The SMILES string of the molecule is Cc1nn(Cc2ccccc2)c(C)c1C(=O)OCC(=O)NNC(=O)C1COc2ccccc2O1. The number of fused-ring (bicyclic) bond motifs is 1. The molecule has 0 saturated carbocycles. The number of carbonyl (C=O) groups is 3. The molecule has 10 heteroatoms. The first-order chi connectivity index (χ1) is 16.4. The summed E-state index contributed by atoms with van der Waals surface area (Å²) in [5.74, 6) is -0.988. The van der Waals surface area contributed by atoms with Crippen LogP contribution in [0.1, 0.15) is 27.3 Å². The lowest BCUT2D eigenvalue weighted by molar-refractivity contribution is -0.135. The summed E-state index contributed by atoms with van der Waals surface area (Å²) in [6, 6.07) is 16.7. The van der Waals surface area contributed by atoms with Gasteiger partial charge in [0.2, 0.25) is 6.10 Å². The van der Waals surface area contributed by atoms with Crippen molar-refractivity contribution in [2.75, 3.05) is 13.2 Å². The zero-order valence-corrected chi connectivity index (χ0v) is 18.7. The Morgan fingerprint density at radius 2 is 1.74 bits per heavy atom. The van der Waals surface area contributed by atoms with Gasteiger partial charge in [-0.1, -0.05) is 42.5 Å². The second-order valence-corrected chi connectivity index (χ2v) is 7.67. The Morgan fingerprint density at radius 1 is 1.03 bits per heavy atom. The van der Waals surface area contributed by atoms with Crippen molar-refractivity contribution in [3.63, 3.8) is 0 Å². The van der Waals surface area contributed by atoms with Crippen molar-refractivity contribution >= 4 is 17.8 Å². The topological polar surface area (TPSA) is 121 Å².